The minimum atomic E-state index is -0.612. The van der Waals surface area contributed by atoms with Gasteiger partial charge in [-0.05, 0) is 32.1 Å². The summed E-state index contributed by atoms with van der Waals surface area (Å²) in [4.78, 5) is 10.3. The number of hydrogen-bond acceptors (Lipinski definition) is 2. The summed E-state index contributed by atoms with van der Waals surface area (Å²) in [7, 11) is 0. The minimum absolute atomic E-state index is 0.440. The van der Waals surface area contributed by atoms with Gasteiger partial charge in [-0.15, -0.1) is 0 Å². The first-order chi connectivity index (χ1) is 6.18. The Balaban J connectivity index is 2.31. The summed E-state index contributed by atoms with van der Waals surface area (Å²) in [6.07, 6.45) is 7.20. The highest BCUT2D eigenvalue weighted by atomic mass is 16.2. The summed E-state index contributed by atoms with van der Waals surface area (Å²) >= 11 is 0. The summed E-state index contributed by atoms with van der Waals surface area (Å²) in [5.74, 6) is 0.440. The molecule has 0 heterocycles. The van der Waals surface area contributed by atoms with E-state index in [2.05, 4.69) is 23.5 Å². The standard InChI is InChI=1S/C9H15N3O/c1-7-2-4-8(5-3-7)6-11-12-9(10)13/h2,6,8H,3-5H2,1H3,(H3,10,12,13)/b11-6-/t8-/m1/s1. The number of carbonyl (C=O) groups is 1. The first-order valence-electron chi connectivity index (χ1n) is 4.42. The molecule has 0 saturated heterocycles. The van der Waals surface area contributed by atoms with Gasteiger partial charge in [0.15, 0.2) is 0 Å². The van der Waals surface area contributed by atoms with Gasteiger partial charge in [-0.1, -0.05) is 11.6 Å². The lowest BCUT2D eigenvalue weighted by atomic mass is 9.91. The van der Waals surface area contributed by atoms with Crippen LogP contribution in [0.1, 0.15) is 26.2 Å². The van der Waals surface area contributed by atoms with Crippen molar-refractivity contribution in [2.24, 2.45) is 16.8 Å². The van der Waals surface area contributed by atoms with Gasteiger partial charge < -0.3 is 5.73 Å². The fraction of sp³-hybridized carbons (Fsp3) is 0.556. The third-order valence-electron chi connectivity index (χ3n) is 2.14. The van der Waals surface area contributed by atoms with Crippen molar-refractivity contribution in [3.05, 3.63) is 11.6 Å². The molecular formula is C9H15N3O. The maximum atomic E-state index is 10.3. The second-order valence-electron chi connectivity index (χ2n) is 3.34. The minimum Gasteiger partial charge on any atom is -0.350 e. The zero-order valence-corrected chi connectivity index (χ0v) is 7.79. The second-order valence-corrected chi connectivity index (χ2v) is 3.34. The third-order valence-corrected chi connectivity index (χ3v) is 2.14. The number of amides is 2. The molecule has 13 heavy (non-hydrogen) atoms. The summed E-state index contributed by atoms with van der Waals surface area (Å²) in [5.41, 5.74) is 8.48. The van der Waals surface area contributed by atoms with Crippen molar-refractivity contribution in [2.45, 2.75) is 26.2 Å². The number of urea groups is 1. The van der Waals surface area contributed by atoms with Crippen LogP contribution in [-0.4, -0.2) is 12.2 Å². The molecule has 2 amide bonds. The van der Waals surface area contributed by atoms with E-state index < -0.39 is 6.03 Å². The molecule has 1 aliphatic carbocycles. The highest BCUT2D eigenvalue weighted by molar-refractivity contribution is 5.73. The topological polar surface area (TPSA) is 67.5 Å². The molecule has 0 aromatic heterocycles. The average Bonchev–Trinajstić information content (AvgIpc) is 2.08. The van der Waals surface area contributed by atoms with Crippen molar-refractivity contribution in [3.63, 3.8) is 0 Å². The van der Waals surface area contributed by atoms with Gasteiger partial charge >= 0.3 is 6.03 Å². The maximum Gasteiger partial charge on any atom is 0.332 e. The molecule has 72 valence electrons. The summed E-state index contributed by atoms with van der Waals surface area (Å²) in [6.45, 7) is 2.13. The lowest BCUT2D eigenvalue weighted by Crippen LogP contribution is -2.25. The van der Waals surface area contributed by atoms with E-state index in [4.69, 9.17) is 5.73 Å². The quantitative estimate of drug-likeness (QED) is 0.377. The van der Waals surface area contributed by atoms with Crippen LogP contribution in [0.5, 0.6) is 0 Å². The monoisotopic (exact) mass is 181 g/mol. The Kier molecular flexibility index (Phi) is 3.49. The van der Waals surface area contributed by atoms with Crippen LogP contribution in [0.4, 0.5) is 4.79 Å². The molecule has 0 aromatic carbocycles. The summed E-state index contributed by atoms with van der Waals surface area (Å²) in [5, 5.41) is 3.74. The molecule has 0 radical (unpaired) electrons. The molecule has 0 aromatic rings. The van der Waals surface area contributed by atoms with E-state index in [0.717, 1.165) is 19.3 Å². The summed E-state index contributed by atoms with van der Waals surface area (Å²) < 4.78 is 0. The highest BCUT2D eigenvalue weighted by Crippen LogP contribution is 2.21. The summed E-state index contributed by atoms with van der Waals surface area (Å²) in [6, 6.07) is -0.612. The highest BCUT2D eigenvalue weighted by Gasteiger charge is 2.09. The molecule has 0 saturated carbocycles. The fourth-order valence-electron chi connectivity index (χ4n) is 1.33. The van der Waals surface area contributed by atoms with E-state index in [9.17, 15) is 4.79 Å². The Morgan fingerprint density at radius 1 is 1.85 bits per heavy atom. The van der Waals surface area contributed by atoms with E-state index in [1.807, 2.05) is 0 Å². The van der Waals surface area contributed by atoms with Crippen LogP contribution in [0, 0.1) is 5.92 Å². The second kappa shape index (κ2) is 4.64. The first-order valence-corrected chi connectivity index (χ1v) is 4.42. The smallest absolute Gasteiger partial charge is 0.332 e. The van der Waals surface area contributed by atoms with Gasteiger partial charge in [-0.25, -0.2) is 10.2 Å². The Morgan fingerprint density at radius 2 is 2.62 bits per heavy atom. The molecular weight excluding hydrogens is 166 g/mol. The van der Waals surface area contributed by atoms with Gasteiger partial charge in [-0.3, -0.25) is 0 Å². The van der Waals surface area contributed by atoms with E-state index in [1.54, 1.807) is 6.21 Å². The maximum absolute atomic E-state index is 10.3. The predicted molar refractivity (Wildman–Crippen MR) is 52.3 cm³/mol. The fourth-order valence-corrected chi connectivity index (χ4v) is 1.33. The Labute approximate surface area is 77.9 Å². The van der Waals surface area contributed by atoms with Crippen LogP contribution in [0.15, 0.2) is 16.8 Å². The Bertz CT molecular complexity index is 245. The third kappa shape index (κ3) is 3.73. The SMILES string of the molecule is CC1=CC[C@@H](/C=N\NC(N)=O)CC1. The number of carbonyl (C=O) groups excluding carboxylic acids is 1. The molecule has 0 unspecified atom stereocenters. The van der Waals surface area contributed by atoms with Crippen molar-refractivity contribution in [2.75, 3.05) is 0 Å². The van der Waals surface area contributed by atoms with Crippen molar-refractivity contribution in [3.8, 4) is 0 Å². The Hall–Kier alpha value is -1.32. The van der Waals surface area contributed by atoms with E-state index in [-0.39, 0.29) is 0 Å². The molecule has 3 N–H and O–H groups in total. The number of primary amides is 1. The van der Waals surface area contributed by atoms with E-state index in [1.165, 1.54) is 5.57 Å². The van der Waals surface area contributed by atoms with Crippen LogP contribution in [0.3, 0.4) is 0 Å². The zero-order chi connectivity index (χ0) is 9.68. The van der Waals surface area contributed by atoms with Gasteiger partial charge in [0.2, 0.25) is 0 Å². The predicted octanol–water partition coefficient (Wildman–Crippen LogP) is 1.39. The van der Waals surface area contributed by atoms with Gasteiger partial charge in [0.05, 0.1) is 0 Å². The number of nitrogens with two attached hydrogens (primary N) is 1. The van der Waals surface area contributed by atoms with Crippen LogP contribution in [-0.2, 0) is 0 Å². The molecule has 0 fully saturated rings. The molecule has 0 spiro atoms. The largest absolute Gasteiger partial charge is 0.350 e. The van der Waals surface area contributed by atoms with Crippen LogP contribution in [0.25, 0.3) is 0 Å². The molecule has 0 bridgehead atoms. The molecule has 1 rings (SSSR count). The molecule has 4 nitrogen and oxygen atoms in total. The van der Waals surface area contributed by atoms with Crippen molar-refractivity contribution in [1.29, 1.82) is 0 Å². The van der Waals surface area contributed by atoms with Gasteiger partial charge in [0.25, 0.3) is 0 Å². The molecule has 1 atom stereocenters. The number of hydrazone groups is 1. The van der Waals surface area contributed by atoms with Gasteiger partial charge in [-0.2, -0.15) is 5.10 Å². The van der Waals surface area contributed by atoms with Crippen molar-refractivity contribution >= 4 is 12.2 Å². The lowest BCUT2D eigenvalue weighted by Gasteiger charge is -2.15. The van der Waals surface area contributed by atoms with Crippen molar-refractivity contribution < 1.29 is 4.79 Å². The zero-order valence-electron chi connectivity index (χ0n) is 7.79. The van der Waals surface area contributed by atoms with E-state index >= 15 is 0 Å². The van der Waals surface area contributed by atoms with E-state index in [0.29, 0.717) is 5.92 Å². The van der Waals surface area contributed by atoms with Gasteiger partial charge in [0, 0.05) is 6.21 Å². The molecule has 0 aliphatic heterocycles. The number of rotatable bonds is 2. The first kappa shape index (κ1) is 9.77. The Morgan fingerprint density at radius 3 is 3.15 bits per heavy atom. The number of nitrogens with one attached hydrogen (secondary N) is 1. The lowest BCUT2D eigenvalue weighted by molar-refractivity contribution is 0.249. The molecule has 4 heteroatoms. The average molecular weight is 181 g/mol. The van der Waals surface area contributed by atoms with Crippen molar-refractivity contribution in [1.82, 2.24) is 5.43 Å². The number of hydrogen-bond donors (Lipinski definition) is 2. The number of nitrogens with zero attached hydrogens (tertiary/aromatic N) is 1. The van der Waals surface area contributed by atoms with Crippen LogP contribution >= 0.6 is 0 Å². The molecule has 1 aliphatic rings. The normalized spacial score (nSPS) is 22.8. The van der Waals surface area contributed by atoms with Gasteiger partial charge in [0.1, 0.15) is 0 Å². The number of allylic oxidation sites excluding steroid dienone is 2. The van der Waals surface area contributed by atoms with Crippen LogP contribution < -0.4 is 11.2 Å². The van der Waals surface area contributed by atoms with Crippen LogP contribution in [0.2, 0.25) is 0 Å².